The van der Waals surface area contributed by atoms with Crippen molar-refractivity contribution in [1.82, 2.24) is 19.7 Å². The van der Waals surface area contributed by atoms with Crippen LogP contribution in [0.2, 0.25) is 0 Å². The van der Waals surface area contributed by atoms with E-state index in [0.29, 0.717) is 23.6 Å². The van der Waals surface area contributed by atoms with Crippen molar-refractivity contribution in [1.29, 1.82) is 0 Å². The van der Waals surface area contributed by atoms with Gasteiger partial charge in [-0.3, -0.25) is 14.2 Å². The van der Waals surface area contributed by atoms with Gasteiger partial charge in [0.1, 0.15) is 0 Å². The first-order valence-electron chi connectivity index (χ1n) is 9.42. The lowest BCUT2D eigenvalue weighted by Gasteiger charge is -2.06. The number of hydrogen-bond acceptors (Lipinski definition) is 5. The zero-order chi connectivity index (χ0) is 20.4. The van der Waals surface area contributed by atoms with E-state index < -0.39 is 0 Å². The molecule has 8 nitrogen and oxygen atoms in total. The number of carbonyl (C=O) groups is 2. The Hall–Kier alpha value is -3.20. The molecule has 2 heterocycles. The van der Waals surface area contributed by atoms with E-state index in [-0.39, 0.29) is 30.1 Å². The molecule has 1 saturated carbocycles. The molecule has 1 aromatic carbocycles. The highest BCUT2D eigenvalue weighted by atomic mass is 32.1. The van der Waals surface area contributed by atoms with Crippen molar-refractivity contribution in [3.63, 3.8) is 0 Å². The van der Waals surface area contributed by atoms with Crippen LogP contribution in [-0.4, -0.2) is 32.7 Å². The van der Waals surface area contributed by atoms with E-state index in [2.05, 4.69) is 15.7 Å². The van der Waals surface area contributed by atoms with Crippen molar-refractivity contribution < 1.29 is 9.59 Å². The number of anilines is 1. The zero-order valence-electron chi connectivity index (χ0n) is 15.9. The minimum atomic E-state index is -0.243. The molecule has 0 aliphatic heterocycles. The van der Waals surface area contributed by atoms with Gasteiger partial charge in [-0.1, -0.05) is 6.07 Å². The number of amides is 2. The Morgan fingerprint density at radius 2 is 1.97 bits per heavy atom. The molecule has 0 bridgehead atoms. The lowest BCUT2D eigenvalue weighted by Crippen LogP contribution is -2.32. The first kappa shape index (κ1) is 19.1. The number of thiophene rings is 1. The van der Waals surface area contributed by atoms with E-state index in [4.69, 9.17) is 0 Å². The topological polar surface area (TPSA) is 98.0 Å². The second kappa shape index (κ2) is 8.04. The molecule has 0 radical (unpaired) electrons. The largest absolute Gasteiger partial charge is 0.350 e. The average molecular weight is 411 g/mol. The van der Waals surface area contributed by atoms with Gasteiger partial charge in [-0.05, 0) is 48.6 Å². The monoisotopic (exact) mass is 411 g/mol. The summed E-state index contributed by atoms with van der Waals surface area (Å²) in [5.74, 6) is 0.292. The SMILES string of the molecule is CC(=O)Nc1ccc(C(=O)NCCn2nc(-c3cccs3)n(C3CC3)c2=O)cc1. The molecule has 0 saturated heterocycles. The summed E-state index contributed by atoms with van der Waals surface area (Å²) in [7, 11) is 0. The molecule has 2 aromatic heterocycles. The molecule has 1 fully saturated rings. The molecule has 9 heteroatoms. The standard InChI is InChI=1S/C20H21N5O3S/c1-13(26)22-15-6-4-14(5-7-15)19(27)21-10-11-24-20(28)25(16-8-9-16)18(23-24)17-3-2-12-29-17/h2-7,12,16H,8-11H2,1H3,(H,21,27)(H,22,26). The summed E-state index contributed by atoms with van der Waals surface area (Å²) in [6.07, 6.45) is 1.99. The molecule has 4 rings (SSSR count). The minimum absolute atomic E-state index is 0.134. The summed E-state index contributed by atoms with van der Waals surface area (Å²) in [5.41, 5.74) is 0.978. The highest BCUT2D eigenvalue weighted by Gasteiger charge is 2.30. The number of nitrogens with zero attached hydrogens (tertiary/aromatic N) is 3. The molecule has 29 heavy (non-hydrogen) atoms. The first-order chi connectivity index (χ1) is 14.0. The van der Waals surface area contributed by atoms with E-state index in [0.717, 1.165) is 17.7 Å². The number of aromatic nitrogens is 3. The molecule has 0 atom stereocenters. The van der Waals surface area contributed by atoms with Crippen LogP contribution >= 0.6 is 11.3 Å². The van der Waals surface area contributed by atoms with Gasteiger partial charge >= 0.3 is 5.69 Å². The number of carbonyl (C=O) groups excluding carboxylic acids is 2. The van der Waals surface area contributed by atoms with Crippen LogP contribution in [0.15, 0.2) is 46.6 Å². The smallest absolute Gasteiger partial charge is 0.346 e. The summed E-state index contributed by atoms with van der Waals surface area (Å²) < 4.78 is 3.20. The fourth-order valence-electron chi connectivity index (χ4n) is 3.09. The van der Waals surface area contributed by atoms with E-state index in [1.165, 1.54) is 11.6 Å². The maximum absolute atomic E-state index is 12.8. The van der Waals surface area contributed by atoms with Crippen LogP contribution in [0.5, 0.6) is 0 Å². The molecule has 2 amide bonds. The van der Waals surface area contributed by atoms with Crippen molar-refractivity contribution in [2.24, 2.45) is 0 Å². The fraction of sp³-hybridized carbons (Fsp3) is 0.300. The van der Waals surface area contributed by atoms with E-state index in [1.807, 2.05) is 17.5 Å². The van der Waals surface area contributed by atoms with Crippen LogP contribution in [0, 0.1) is 0 Å². The van der Waals surface area contributed by atoms with Gasteiger partial charge in [-0.2, -0.15) is 0 Å². The maximum atomic E-state index is 12.8. The number of benzene rings is 1. The second-order valence-corrected chi connectivity index (χ2v) is 7.87. The van der Waals surface area contributed by atoms with E-state index >= 15 is 0 Å². The van der Waals surface area contributed by atoms with Crippen molar-refractivity contribution in [2.75, 3.05) is 11.9 Å². The molecular weight excluding hydrogens is 390 g/mol. The number of hydrogen-bond donors (Lipinski definition) is 2. The Morgan fingerprint density at radius 1 is 1.21 bits per heavy atom. The summed E-state index contributed by atoms with van der Waals surface area (Å²) in [6.45, 7) is 2.02. The fourth-order valence-corrected chi connectivity index (χ4v) is 3.79. The Kier molecular flexibility index (Phi) is 5.30. The van der Waals surface area contributed by atoms with Crippen LogP contribution in [0.25, 0.3) is 10.7 Å². The summed E-state index contributed by atoms with van der Waals surface area (Å²) in [4.78, 5) is 37.1. The summed E-state index contributed by atoms with van der Waals surface area (Å²) in [5, 5.41) is 11.9. The highest BCUT2D eigenvalue weighted by molar-refractivity contribution is 7.13. The van der Waals surface area contributed by atoms with Gasteiger partial charge in [0.15, 0.2) is 5.82 Å². The second-order valence-electron chi connectivity index (χ2n) is 6.92. The maximum Gasteiger partial charge on any atom is 0.346 e. The van der Waals surface area contributed by atoms with E-state index in [1.54, 1.807) is 40.2 Å². The average Bonchev–Trinajstić information content (AvgIpc) is 3.27. The van der Waals surface area contributed by atoms with Gasteiger partial charge in [0.2, 0.25) is 5.91 Å². The molecule has 2 N–H and O–H groups in total. The number of nitrogens with one attached hydrogen (secondary N) is 2. The summed E-state index contributed by atoms with van der Waals surface area (Å²) >= 11 is 1.56. The van der Waals surface area contributed by atoms with Crippen LogP contribution in [0.3, 0.4) is 0 Å². The predicted molar refractivity (Wildman–Crippen MR) is 111 cm³/mol. The van der Waals surface area contributed by atoms with E-state index in [9.17, 15) is 14.4 Å². The molecule has 0 unspecified atom stereocenters. The lowest BCUT2D eigenvalue weighted by molar-refractivity contribution is -0.114. The third-order valence-corrected chi connectivity index (χ3v) is 5.47. The lowest BCUT2D eigenvalue weighted by atomic mass is 10.2. The highest BCUT2D eigenvalue weighted by Crippen LogP contribution is 2.37. The zero-order valence-corrected chi connectivity index (χ0v) is 16.7. The van der Waals surface area contributed by atoms with Crippen LogP contribution < -0.4 is 16.3 Å². The minimum Gasteiger partial charge on any atom is -0.350 e. The molecule has 1 aliphatic carbocycles. The van der Waals surface area contributed by atoms with Gasteiger partial charge in [-0.25, -0.2) is 9.48 Å². The quantitative estimate of drug-likeness (QED) is 0.624. The molecule has 0 spiro atoms. The van der Waals surface area contributed by atoms with Crippen molar-refractivity contribution in [2.45, 2.75) is 32.4 Å². The van der Waals surface area contributed by atoms with Gasteiger partial charge in [-0.15, -0.1) is 16.4 Å². The van der Waals surface area contributed by atoms with Crippen molar-refractivity contribution >= 4 is 28.8 Å². The molecule has 1 aliphatic rings. The van der Waals surface area contributed by atoms with Crippen molar-refractivity contribution in [3.05, 3.63) is 57.8 Å². The van der Waals surface area contributed by atoms with Gasteiger partial charge < -0.3 is 10.6 Å². The van der Waals surface area contributed by atoms with Gasteiger partial charge in [0.05, 0.1) is 11.4 Å². The Labute approximate surface area is 171 Å². The van der Waals surface area contributed by atoms with Gasteiger partial charge in [0, 0.05) is 30.8 Å². The molecule has 3 aromatic rings. The van der Waals surface area contributed by atoms with Crippen LogP contribution in [0.4, 0.5) is 5.69 Å². The number of rotatable bonds is 7. The van der Waals surface area contributed by atoms with Crippen molar-refractivity contribution in [3.8, 4) is 10.7 Å². The first-order valence-corrected chi connectivity index (χ1v) is 10.3. The third-order valence-electron chi connectivity index (χ3n) is 4.60. The van der Waals surface area contributed by atoms with Gasteiger partial charge in [0.25, 0.3) is 5.91 Å². The Bertz CT molecular complexity index is 1080. The third kappa shape index (κ3) is 4.29. The van der Waals surface area contributed by atoms with Crippen LogP contribution in [0.1, 0.15) is 36.2 Å². The molecule has 150 valence electrons. The normalized spacial score (nSPS) is 13.3. The van der Waals surface area contributed by atoms with Crippen LogP contribution in [-0.2, 0) is 11.3 Å². The predicted octanol–water partition coefficient (Wildman–Crippen LogP) is 2.50. The Morgan fingerprint density at radius 3 is 2.59 bits per heavy atom. The Balaban J connectivity index is 1.41. The molecular formula is C20H21N5O3S. The summed E-state index contributed by atoms with van der Waals surface area (Å²) in [6, 6.07) is 10.8.